The monoisotopic (exact) mass is 308 g/mol. The first-order chi connectivity index (χ1) is 11.0. The molecule has 7 heteroatoms. The van der Waals surface area contributed by atoms with Gasteiger partial charge in [0.2, 0.25) is 5.91 Å². The maximum absolute atomic E-state index is 11.1. The lowest BCUT2D eigenvalue weighted by Gasteiger charge is -2.01. The van der Waals surface area contributed by atoms with Gasteiger partial charge in [-0.2, -0.15) is 0 Å². The van der Waals surface area contributed by atoms with Gasteiger partial charge >= 0.3 is 5.97 Å². The van der Waals surface area contributed by atoms with Gasteiger partial charge in [0.15, 0.2) is 0 Å². The van der Waals surface area contributed by atoms with Crippen LogP contribution in [0.2, 0.25) is 0 Å². The summed E-state index contributed by atoms with van der Waals surface area (Å²) in [5, 5.41) is 17.1. The molecule has 3 rings (SSSR count). The second-order valence-corrected chi connectivity index (χ2v) is 4.85. The molecule has 1 aromatic heterocycles. The van der Waals surface area contributed by atoms with E-state index in [2.05, 4.69) is 10.3 Å². The van der Waals surface area contributed by atoms with Gasteiger partial charge in [-0.15, -0.1) is 5.10 Å². The molecule has 3 aromatic rings. The second kappa shape index (κ2) is 5.72. The zero-order valence-corrected chi connectivity index (χ0v) is 11.9. The number of aromatic carboxylic acids is 1. The van der Waals surface area contributed by atoms with Crippen molar-refractivity contribution >= 4 is 11.9 Å². The van der Waals surface area contributed by atoms with Crippen molar-refractivity contribution in [1.29, 1.82) is 0 Å². The van der Waals surface area contributed by atoms with E-state index in [9.17, 15) is 9.59 Å². The highest BCUT2D eigenvalue weighted by Gasteiger charge is 2.09. The smallest absolute Gasteiger partial charge is 0.335 e. The van der Waals surface area contributed by atoms with Gasteiger partial charge in [-0.25, -0.2) is 9.48 Å². The molecule has 7 nitrogen and oxygen atoms in total. The van der Waals surface area contributed by atoms with Crippen LogP contribution in [0.15, 0.2) is 54.7 Å². The maximum atomic E-state index is 11.1. The second-order valence-electron chi connectivity index (χ2n) is 4.85. The number of primary amides is 1. The number of nitrogens with zero attached hydrogens (tertiary/aromatic N) is 3. The summed E-state index contributed by atoms with van der Waals surface area (Å²) in [6, 6.07) is 13.1. The summed E-state index contributed by atoms with van der Waals surface area (Å²) >= 11 is 0. The topological polar surface area (TPSA) is 111 Å². The van der Waals surface area contributed by atoms with E-state index in [1.54, 1.807) is 42.6 Å². The molecule has 0 atom stereocenters. The molecule has 0 saturated carbocycles. The fourth-order valence-electron chi connectivity index (χ4n) is 2.11. The van der Waals surface area contributed by atoms with Crippen molar-refractivity contribution in [2.24, 2.45) is 5.73 Å². The minimum absolute atomic E-state index is 0.183. The van der Waals surface area contributed by atoms with Gasteiger partial charge in [0, 0.05) is 11.1 Å². The Kier molecular flexibility index (Phi) is 3.60. The van der Waals surface area contributed by atoms with Crippen LogP contribution in [0.25, 0.3) is 16.9 Å². The lowest BCUT2D eigenvalue weighted by Crippen LogP contribution is -2.10. The molecular formula is C16H12N4O3. The van der Waals surface area contributed by atoms with Gasteiger partial charge in [0.1, 0.15) is 5.69 Å². The Balaban J connectivity index is 1.92. The van der Waals surface area contributed by atoms with Crippen LogP contribution in [-0.4, -0.2) is 32.0 Å². The average molecular weight is 308 g/mol. The highest BCUT2D eigenvalue weighted by atomic mass is 16.4. The van der Waals surface area contributed by atoms with Gasteiger partial charge in [-0.05, 0) is 36.4 Å². The van der Waals surface area contributed by atoms with E-state index in [1.165, 1.54) is 16.8 Å². The summed E-state index contributed by atoms with van der Waals surface area (Å²) < 4.78 is 1.54. The van der Waals surface area contributed by atoms with Crippen LogP contribution in [0.5, 0.6) is 0 Å². The van der Waals surface area contributed by atoms with Crippen LogP contribution in [-0.2, 0) is 0 Å². The standard InChI is InChI=1S/C16H12N4O3/c17-15(21)10-4-6-13(7-5-10)20-9-14(18-19-20)11-2-1-3-12(8-11)16(22)23/h1-9H,(H2,17,21)(H,22,23). The summed E-state index contributed by atoms with van der Waals surface area (Å²) in [6.07, 6.45) is 1.68. The van der Waals surface area contributed by atoms with E-state index in [4.69, 9.17) is 10.8 Å². The minimum atomic E-state index is -0.999. The number of carbonyl (C=O) groups is 2. The van der Waals surface area contributed by atoms with Crippen LogP contribution in [0.1, 0.15) is 20.7 Å². The third-order valence-electron chi connectivity index (χ3n) is 3.32. The van der Waals surface area contributed by atoms with Crippen molar-refractivity contribution < 1.29 is 14.7 Å². The van der Waals surface area contributed by atoms with Crippen LogP contribution < -0.4 is 5.73 Å². The van der Waals surface area contributed by atoms with E-state index in [1.807, 2.05) is 0 Å². The Morgan fingerprint density at radius 3 is 2.43 bits per heavy atom. The molecule has 0 bridgehead atoms. The highest BCUT2D eigenvalue weighted by Crippen LogP contribution is 2.19. The van der Waals surface area contributed by atoms with E-state index < -0.39 is 11.9 Å². The van der Waals surface area contributed by atoms with E-state index in [-0.39, 0.29) is 5.56 Å². The third-order valence-corrected chi connectivity index (χ3v) is 3.32. The first-order valence-corrected chi connectivity index (χ1v) is 6.71. The van der Waals surface area contributed by atoms with Gasteiger partial charge < -0.3 is 10.8 Å². The molecule has 0 saturated heterocycles. The van der Waals surface area contributed by atoms with E-state index in [0.717, 1.165) is 0 Å². The molecule has 23 heavy (non-hydrogen) atoms. The zero-order valence-electron chi connectivity index (χ0n) is 11.9. The molecule has 0 spiro atoms. The normalized spacial score (nSPS) is 10.4. The van der Waals surface area contributed by atoms with Crippen LogP contribution in [0.3, 0.4) is 0 Å². The molecule has 2 aromatic carbocycles. The Labute approximate surface area is 131 Å². The number of amides is 1. The van der Waals surface area contributed by atoms with Crippen LogP contribution in [0.4, 0.5) is 0 Å². The quantitative estimate of drug-likeness (QED) is 0.762. The number of hydrogen-bond acceptors (Lipinski definition) is 4. The summed E-state index contributed by atoms with van der Waals surface area (Å²) in [4.78, 5) is 22.1. The number of nitrogens with two attached hydrogens (primary N) is 1. The number of benzene rings is 2. The van der Waals surface area contributed by atoms with Crippen molar-refractivity contribution in [3.8, 4) is 16.9 Å². The Morgan fingerprint density at radius 1 is 1.04 bits per heavy atom. The fourth-order valence-corrected chi connectivity index (χ4v) is 2.11. The number of carboxylic acid groups (broad SMARTS) is 1. The molecule has 0 unspecified atom stereocenters. The van der Waals surface area contributed by atoms with Crippen molar-refractivity contribution in [1.82, 2.24) is 15.0 Å². The van der Waals surface area contributed by atoms with Crippen molar-refractivity contribution in [2.45, 2.75) is 0 Å². The molecule has 0 aliphatic carbocycles. The van der Waals surface area contributed by atoms with Crippen LogP contribution in [0, 0.1) is 0 Å². The summed E-state index contributed by atoms with van der Waals surface area (Å²) in [5.74, 6) is -1.50. The molecule has 1 heterocycles. The predicted molar refractivity (Wildman–Crippen MR) is 82.3 cm³/mol. The molecule has 3 N–H and O–H groups in total. The Bertz CT molecular complexity index is 884. The van der Waals surface area contributed by atoms with Crippen LogP contribution >= 0.6 is 0 Å². The molecular weight excluding hydrogens is 296 g/mol. The van der Waals surface area contributed by atoms with Crippen molar-refractivity contribution in [3.63, 3.8) is 0 Å². The highest BCUT2D eigenvalue weighted by molar-refractivity contribution is 5.92. The first-order valence-electron chi connectivity index (χ1n) is 6.71. The largest absolute Gasteiger partial charge is 0.478 e. The maximum Gasteiger partial charge on any atom is 0.335 e. The molecule has 114 valence electrons. The zero-order chi connectivity index (χ0) is 16.4. The summed E-state index contributed by atoms with van der Waals surface area (Å²) in [6.45, 7) is 0. The molecule has 0 aliphatic heterocycles. The summed E-state index contributed by atoms with van der Waals surface area (Å²) in [7, 11) is 0. The SMILES string of the molecule is NC(=O)c1ccc(-n2cc(-c3cccc(C(=O)O)c3)nn2)cc1. The number of carboxylic acids is 1. The van der Waals surface area contributed by atoms with E-state index >= 15 is 0 Å². The number of rotatable bonds is 4. The average Bonchev–Trinajstić information content (AvgIpc) is 3.05. The number of hydrogen-bond donors (Lipinski definition) is 2. The molecule has 0 aliphatic rings. The number of aromatic nitrogens is 3. The van der Waals surface area contributed by atoms with E-state index in [0.29, 0.717) is 22.5 Å². The molecule has 0 fully saturated rings. The van der Waals surface area contributed by atoms with Gasteiger partial charge in [-0.1, -0.05) is 17.3 Å². The lowest BCUT2D eigenvalue weighted by molar-refractivity contribution is 0.0696. The number of carbonyl (C=O) groups excluding carboxylic acids is 1. The Morgan fingerprint density at radius 2 is 1.78 bits per heavy atom. The third kappa shape index (κ3) is 2.93. The van der Waals surface area contributed by atoms with Gasteiger partial charge in [0.25, 0.3) is 0 Å². The van der Waals surface area contributed by atoms with Gasteiger partial charge in [0.05, 0.1) is 17.4 Å². The lowest BCUT2D eigenvalue weighted by atomic mass is 10.1. The fraction of sp³-hybridized carbons (Fsp3) is 0. The van der Waals surface area contributed by atoms with Crippen molar-refractivity contribution in [3.05, 3.63) is 65.9 Å². The molecule has 1 amide bonds. The van der Waals surface area contributed by atoms with Gasteiger partial charge in [-0.3, -0.25) is 4.79 Å². The first kappa shape index (κ1) is 14.5. The molecule has 0 radical (unpaired) electrons. The van der Waals surface area contributed by atoms with Crippen molar-refractivity contribution in [2.75, 3.05) is 0 Å². The minimum Gasteiger partial charge on any atom is -0.478 e. The summed E-state index contributed by atoms with van der Waals surface area (Å²) in [5.41, 5.74) is 7.71. The predicted octanol–water partition coefficient (Wildman–Crippen LogP) is 1.73. The Hall–Kier alpha value is -3.48.